The van der Waals surface area contributed by atoms with E-state index in [1.165, 1.54) is 4.88 Å². The van der Waals surface area contributed by atoms with Crippen LogP contribution in [-0.2, 0) is 11.3 Å². The molecule has 0 bridgehead atoms. The van der Waals surface area contributed by atoms with E-state index in [0.717, 1.165) is 43.9 Å². The largest absolute Gasteiger partial charge is 0.495 e. The summed E-state index contributed by atoms with van der Waals surface area (Å²) in [6.45, 7) is 6.59. The van der Waals surface area contributed by atoms with Crippen molar-refractivity contribution in [3.63, 3.8) is 0 Å². The molecule has 2 heterocycles. The fourth-order valence-corrected chi connectivity index (χ4v) is 4.83. The summed E-state index contributed by atoms with van der Waals surface area (Å²) in [6, 6.07) is 19.8. The van der Waals surface area contributed by atoms with E-state index in [4.69, 9.17) is 4.74 Å². The molecule has 0 radical (unpaired) electrons. The van der Waals surface area contributed by atoms with Crippen LogP contribution >= 0.6 is 11.3 Å². The third kappa shape index (κ3) is 5.34. The molecule has 1 atom stereocenters. The van der Waals surface area contributed by atoms with Gasteiger partial charge in [0.15, 0.2) is 0 Å². The van der Waals surface area contributed by atoms with Crippen molar-refractivity contribution in [1.82, 2.24) is 9.80 Å². The highest BCUT2D eigenvalue weighted by Crippen LogP contribution is 2.29. The van der Waals surface area contributed by atoms with Crippen molar-refractivity contribution in [1.29, 1.82) is 0 Å². The molecule has 1 amide bonds. The Morgan fingerprint density at radius 3 is 2.52 bits per heavy atom. The van der Waals surface area contributed by atoms with Crippen molar-refractivity contribution in [3.8, 4) is 5.75 Å². The Morgan fingerprint density at radius 1 is 1.06 bits per heavy atom. The molecule has 5 nitrogen and oxygen atoms in total. The number of ether oxygens (including phenoxy) is 1. The summed E-state index contributed by atoms with van der Waals surface area (Å²) in [4.78, 5) is 19.6. The van der Waals surface area contributed by atoms with Gasteiger partial charge in [-0.05, 0) is 41.6 Å². The topological polar surface area (TPSA) is 44.8 Å². The zero-order valence-electron chi connectivity index (χ0n) is 18.1. The lowest BCUT2D eigenvalue weighted by molar-refractivity contribution is -0.122. The van der Waals surface area contributed by atoms with Crippen LogP contribution in [0.15, 0.2) is 66.0 Å². The molecule has 6 heteroatoms. The zero-order chi connectivity index (χ0) is 21.6. The first-order chi connectivity index (χ1) is 15.1. The molecule has 1 aliphatic rings. The number of carbonyl (C=O) groups is 1. The number of hydrogen-bond acceptors (Lipinski definition) is 5. The molecular weight excluding hydrogens is 406 g/mol. The van der Waals surface area contributed by atoms with E-state index >= 15 is 0 Å². The van der Waals surface area contributed by atoms with Gasteiger partial charge in [0, 0.05) is 37.6 Å². The van der Waals surface area contributed by atoms with E-state index in [1.807, 2.05) is 55.5 Å². The summed E-state index contributed by atoms with van der Waals surface area (Å²) in [5.41, 5.74) is 2.80. The Labute approximate surface area is 188 Å². The summed E-state index contributed by atoms with van der Waals surface area (Å²) >= 11 is 1.80. The van der Waals surface area contributed by atoms with Gasteiger partial charge in [-0.15, -0.1) is 11.3 Å². The number of amides is 1. The monoisotopic (exact) mass is 435 g/mol. The lowest BCUT2D eigenvalue weighted by Gasteiger charge is -2.38. The smallest absolute Gasteiger partial charge is 0.246 e. The van der Waals surface area contributed by atoms with Gasteiger partial charge in [0.1, 0.15) is 11.8 Å². The first-order valence-corrected chi connectivity index (χ1v) is 11.5. The van der Waals surface area contributed by atoms with E-state index in [2.05, 4.69) is 32.6 Å². The Morgan fingerprint density at radius 2 is 1.84 bits per heavy atom. The van der Waals surface area contributed by atoms with Crippen LogP contribution in [0.1, 0.15) is 22.0 Å². The molecule has 1 saturated heterocycles. The number of thiophene rings is 1. The minimum atomic E-state index is -0.338. The maximum atomic E-state index is 13.5. The molecular formula is C25H29N3O2S. The van der Waals surface area contributed by atoms with Gasteiger partial charge >= 0.3 is 0 Å². The van der Waals surface area contributed by atoms with Crippen LogP contribution in [0.25, 0.3) is 0 Å². The van der Waals surface area contributed by atoms with E-state index in [-0.39, 0.29) is 11.9 Å². The molecule has 1 aromatic heterocycles. The molecule has 2 aromatic carbocycles. The quantitative estimate of drug-likeness (QED) is 0.591. The van der Waals surface area contributed by atoms with Crippen molar-refractivity contribution in [3.05, 3.63) is 82.0 Å². The van der Waals surface area contributed by atoms with Crippen LogP contribution in [0.3, 0.4) is 0 Å². The lowest BCUT2D eigenvalue weighted by Crippen LogP contribution is -2.49. The minimum absolute atomic E-state index is 0.0261. The van der Waals surface area contributed by atoms with Crippen LogP contribution in [0.4, 0.5) is 5.69 Å². The van der Waals surface area contributed by atoms with Crippen LogP contribution in [0.2, 0.25) is 0 Å². The maximum absolute atomic E-state index is 13.5. The first kappa shape index (κ1) is 21.6. The van der Waals surface area contributed by atoms with Crippen molar-refractivity contribution in [2.45, 2.75) is 19.5 Å². The molecule has 0 aliphatic carbocycles. The second kappa shape index (κ2) is 10.1. The number of aryl methyl sites for hydroxylation is 1. The Kier molecular flexibility index (Phi) is 7.02. The summed E-state index contributed by atoms with van der Waals surface area (Å²) in [7, 11) is 1.63. The summed E-state index contributed by atoms with van der Waals surface area (Å²) in [6.07, 6.45) is 0. The van der Waals surface area contributed by atoms with Gasteiger partial charge in [0.05, 0.1) is 12.8 Å². The van der Waals surface area contributed by atoms with Gasteiger partial charge < -0.3 is 10.1 Å². The van der Waals surface area contributed by atoms with E-state index < -0.39 is 0 Å². The molecule has 1 N–H and O–H groups in total. The van der Waals surface area contributed by atoms with Crippen LogP contribution < -0.4 is 10.1 Å². The number of nitrogens with zero attached hydrogens (tertiary/aromatic N) is 2. The maximum Gasteiger partial charge on any atom is 0.246 e. The third-order valence-electron chi connectivity index (χ3n) is 5.71. The number of rotatable bonds is 7. The molecule has 4 rings (SSSR count). The summed E-state index contributed by atoms with van der Waals surface area (Å²) < 4.78 is 5.46. The highest BCUT2D eigenvalue weighted by Gasteiger charge is 2.31. The first-order valence-electron chi connectivity index (χ1n) is 10.6. The van der Waals surface area contributed by atoms with E-state index in [0.29, 0.717) is 11.4 Å². The van der Waals surface area contributed by atoms with Gasteiger partial charge in [0.25, 0.3) is 0 Å². The molecule has 1 aliphatic heterocycles. The number of nitrogens with one attached hydrogen (secondary N) is 1. The molecule has 3 aromatic rings. The van der Waals surface area contributed by atoms with Crippen molar-refractivity contribution in [2.75, 3.05) is 38.6 Å². The van der Waals surface area contributed by atoms with Crippen molar-refractivity contribution in [2.24, 2.45) is 0 Å². The number of hydrogen-bond donors (Lipinski definition) is 1. The molecule has 0 saturated carbocycles. The summed E-state index contributed by atoms with van der Waals surface area (Å²) in [5.74, 6) is 0.647. The SMILES string of the molecule is COc1ccc(C)cc1NC(=O)C(c1ccccc1)N1CCN(Cc2cccs2)CC1. The molecule has 162 valence electrons. The van der Waals surface area contributed by atoms with E-state index in [1.54, 1.807) is 18.4 Å². The summed E-state index contributed by atoms with van der Waals surface area (Å²) in [5, 5.41) is 5.25. The van der Waals surface area contributed by atoms with Crippen molar-refractivity contribution < 1.29 is 9.53 Å². The minimum Gasteiger partial charge on any atom is -0.495 e. The second-order valence-electron chi connectivity index (χ2n) is 7.90. The predicted molar refractivity (Wildman–Crippen MR) is 127 cm³/mol. The Hall–Kier alpha value is -2.67. The zero-order valence-corrected chi connectivity index (χ0v) is 18.9. The van der Waals surface area contributed by atoms with Crippen LogP contribution in [0.5, 0.6) is 5.75 Å². The number of piperazine rings is 1. The van der Waals surface area contributed by atoms with Gasteiger partial charge in [-0.25, -0.2) is 0 Å². The fourth-order valence-electron chi connectivity index (χ4n) is 4.09. The molecule has 0 spiro atoms. The number of anilines is 1. The number of benzene rings is 2. The molecule has 1 fully saturated rings. The normalized spacial score (nSPS) is 16.1. The van der Waals surface area contributed by atoms with Gasteiger partial charge in [-0.1, -0.05) is 42.5 Å². The van der Waals surface area contributed by atoms with Crippen LogP contribution in [-0.4, -0.2) is 49.0 Å². The highest BCUT2D eigenvalue weighted by atomic mass is 32.1. The number of methoxy groups -OCH3 is 1. The van der Waals surface area contributed by atoms with Gasteiger partial charge in [0.2, 0.25) is 5.91 Å². The van der Waals surface area contributed by atoms with Crippen molar-refractivity contribution >= 4 is 22.9 Å². The number of carbonyl (C=O) groups excluding carboxylic acids is 1. The average Bonchev–Trinajstić information content (AvgIpc) is 3.29. The lowest BCUT2D eigenvalue weighted by atomic mass is 10.0. The second-order valence-corrected chi connectivity index (χ2v) is 8.93. The van der Waals surface area contributed by atoms with Gasteiger partial charge in [-0.2, -0.15) is 0 Å². The Balaban J connectivity index is 1.50. The molecule has 1 unspecified atom stereocenters. The molecule has 31 heavy (non-hydrogen) atoms. The fraction of sp³-hybridized carbons (Fsp3) is 0.320. The Bertz CT molecular complexity index is 983. The average molecular weight is 436 g/mol. The standard InChI is InChI=1S/C25H29N3O2S/c1-19-10-11-23(30-2)22(17-19)26-25(29)24(20-7-4-3-5-8-20)28-14-12-27(13-15-28)18-21-9-6-16-31-21/h3-11,16-17,24H,12-15,18H2,1-2H3,(H,26,29). The predicted octanol–water partition coefficient (Wildman–Crippen LogP) is 4.56. The third-order valence-corrected chi connectivity index (χ3v) is 6.57. The van der Waals surface area contributed by atoms with Crippen LogP contribution in [0, 0.1) is 6.92 Å². The van der Waals surface area contributed by atoms with Gasteiger partial charge in [-0.3, -0.25) is 14.6 Å². The highest BCUT2D eigenvalue weighted by molar-refractivity contribution is 7.09. The van der Waals surface area contributed by atoms with E-state index in [9.17, 15) is 4.79 Å².